The van der Waals surface area contributed by atoms with Crippen molar-refractivity contribution in [2.45, 2.75) is 51.5 Å². The first-order chi connectivity index (χ1) is 13.6. The molecule has 5 heteroatoms. The normalized spacial score (nSPS) is 16.0. The minimum absolute atomic E-state index is 0.00968. The van der Waals surface area contributed by atoms with E-state index >= 15 is 0 Å². The van der Waals surface area contributed by atoms with Crippen LogP contribution in [0.1, 0.15) is 59.6 Å². The standard InChI is InChI=1S/C23H25N3O2/c1-16-12-13-21-18(14-16)15-24-26(21)23(28)11-5-10-22(27)25-20-9-4-7-17-6-2-3-8-19(17)20/h2-3,6,8,12-15,20H,4-5,7,9-11H2,1H3,(H,25,27). The van der Waals surface area contributed by atoms with Gasteiger partial charge in [-0.2, -0.15) is 5.10 Å². The minimum atomic E-state index is -0.0744. The highest BCUT2D eigenvalue weighted by Gasteiger charge is 2.21. The number of fused-ring (bicyclic) bond motifs is 2. The van der Waals surface area contributed by atoms with Gasteiger partial charge in [0.2, 0.25) is 11.8 Å². The molecule has 4 rings (SSSR count). The van der Waals surface area contributed by atoms with E-state index in [-0.39, 0.29) is 17.9 Å². The molecule has 1 atom stereocenters. The molecule has 1 aliphatic rings. The number of hydrogen-bond donors (Lipinski definition) is 1. The number of amides is 1. The third kappa shape index (κ3) is 3.84. The van der Waals surface area contributed by atoms with Crippen LogP contribution in [-0.4, -0.2) is 21.6 Å². The summed E-state index contributed by atoms with van der Waals surface area (Å²) < 4.78 is 1.45. The lowest BCUT2D eigenvalue weighted by atomic mass is 9.87. The van der Waals surface area contributed by atoms with E-state index in [2.05, 4.69) is 28.6 Å². The van der Waals surface area contributed by atoms with Crippen molar-refractivity contribution in [3.8, 4) is 0 Å². The average molecular weight is 375 g/mol. The zero-order chi connectivity index (χ0) is 19.5. The number of hydrogen-bond acceptors (Lipinski definition) is 3. The molecule has 1 N–H and O–H groups in total. The van der Waals surface area contributed by atoms with Gasteiger partial charge in [0.05, 0.1) is 17.8 Å². The molecule has 1 amide bonds. The van der Waals surface area contributed by atoms with Gasteiger partial charge in [-0.1, -0.05) is 35.9 Å². The van der Waals surface area contributed by atoms with E-state index in [1.807, 2.05) is 31.2 Å². The Bertz CT molecular complexity index is 1020. The molecule has 3 aromatic rings. The monoisotopic (exact) mass is 375 g/mol. The summed E-state index contributed by atoms with van der Waals surface area (Å²) in [5.41, 5.74) is 4.52. The van der Waals surface area contributed by atoms with Gasteiger partial charge in [-0.25, -0.2) is 4.68 Å². The predicted molar refractivity (Wildman–Crippen MR) is 109 cm³/mol. The van der Waals surface area contributed by atoms with E-state index in [4.69, 9.17) is 0 Å². The average Bonchev–Trinajstić information content (AvgIpc) is 3.11. The van der Waals surface area contributed by atoms with Crippen LogP contribution in [0.25, 0.3) is 10.9 Å². The van der Waals surface area contributed by atoms with Crippen LogP contribution in [-0.2, 0) is 11.2 Å². The molecule has 1 aliphatic carbocycles. The Kier molecular flexibility index (Phi) is 5.24. The Morgan fingerprint density at radius 1 is 1.18 bits per heavy atom. The van der Waals surface area contributed by atoms with Crippen molar-refractivity contribution in [1.29, 1.82) is 0 Å². The maximum absolute atomic E-state index is 12.5. The first-order valence-corrected chi connectivity index (χ1v) is 9.96. The topological polar surface area (TPSA) is 64.0 Å². The van der Waals surface area contributed by atoms with Gasteiger partial charge in [0.1, 0.15) is 0 Å². The van der Waals surface area contributed by atoms with Gasteiger partial charge in [0.25, 0.3) is 0 Å². The third-order valence-corrected chi connectivity index (χ3v) is 5.46. The highest BCUT2D eigenvalue weighted by Crippen LogP contribution is 2.29. The van der Waals surface area contributed by atoms with Crippen molar-refractivity contribution < 1.29 is 9.59 Å². The van der Waals surface area contributed by atoms with Crippen molar-refractivity contribution in [3.05, 3.63) is 65.4 Å². The van der Waals surface area contributed by atoms with Crippen LogP contribution >= 0.6 is 0 Å². The number of benzene rings is 2. The molecule has 0 aliphatic heterocycles. The van der Waals surface area contributed by atoms with Crippen molar-refractivity contribution in [2.24, 2.45) is 0 Å². The van der Waals surface area contributed by atoms with Gasteiger partial charge in [-0.05, 0) is 55.9 Å². The summed E-state index contributed by atoms with van der Waals surface area (Å²) in [6.45, 7) is 2.02. The largest absolute Gasteiger partial charge is 0.349 e. The second kappa shape index (κ2) is 7.97. The van der Waals surface area contributed by atoms with Crippen molar-refractivity contribution in [2.75, 3.05) is 0 Å². The Hall–Kier alpha value is -2.95. The Balaban J connectivity index is 1.31. The smallest absolute Gasteiger partial charge is 0.247 e. The number of nitrogens with zero attached hydrogens (tertiary/aromatic N) is 2. The molecule has 0 saturated heterocycles. The number of aromatic nitrogens is 2. The van der Waals surface area contributed by atoms with Crippen LogP contribution < -0.4 is 5.32 Å². The molecular weight excluding hydrogens is 350 g/mol. The van der Waals surface area contributed by atoms with Crippen molar-refractivity contribution in [3.63, 3.8) is 0 Å². The molecule has 0 saturated carbocycles. The first-order valence-electron chi connectivity index (χ1n) is 9.96. The van der Waals surface area contributed by atoms with Crippen LogP contribution in [0.5, 0.6) is 0 Å². The Morgan fingerprint density at radius 3 is 2.93 bits per heavy atom. The van der Waals surface area contributed by atoms with Crippen molar-refractivity contribution in [1.82, 2.24) is 15.1 Å². The highest BCUT2D eigenvalue weighted by molar-refractivity contribution is 5.91. The highest BCUT2D eigenvalue weighted by atomic mass is 16.2. The molecule has 0 bridgehead atoms. The third-order valence-electron chi connectivity index (χ3n) is 5.46. The number of nitrogens with one attached hydrogen (secondary N) is 1. The molecule has 2 aromatic carbocycles. The fourth-order valence-electron chi connectivity index (χ4n) is 4.03. The van der Waals surface area contributed by atoms with E-state index in [9.17, 15) is 9.59 Å². The maximum Gasteiger partial charge on any atom is 0.247 e. The van der Waals surface area contributed by atoms with Crippen LogP contribution in [0.15, 0.2) is 48.7 Å². The van der Waals surface area contributed by atoms with E-state index in [1.54, 1.807) is 6.20 Å². The quantitative estimate of drug-likeness (QED) is 0.721. The lowest BCUT2D eigenvalue weighted by molar-refractivity contribution is -0.122. The molecule has 0 spiro atoms. The molecule has 0 fully saturated rings. The predicted octanol–water partition coefficient (Wildman–Crippen LogP) is 4.35. The number of rotatable bonds is 5. The summed E-state index contributed by atoms with van der Waals surface area (Å²) in [6, 6.07) is 14.3. The molecule has 1 heterocycles. The molecule has 144 valence electrons. The Morgan fingerprint density at radius 2 is 2.04 bits per heavy atom. The van der Waals surface area contributed by atoms with Gasteiger partial charge >= 0.3 is 0 Å². The molecule has 0 radical (unpaired) electrons. The maximum atomic E-state index is 12.5. The van der Waals surface area contributed by atoms with Crippen LogP contribution in [0, 0.1) is 6.92 Å². The molecular formula is C23H25N3O2. The summed E-state index contributed by atoms with van der Waals surface area (Å²) in [4.78, 5) is 24.9. The van der Waals surface area contributed by atoms with Gasteiger partial charge in [0.15, 0.2) is 0 Å². The zero-order valence-electron chi connectivity index (χ0n) is 16.1. The minimum Gasteiger partial charge on any atom is -0.349 e. The van der Waals surface area contributed by atoms with E-state index in [0.29, 0.717) is 19.3 Å². The fraction of sp³-hybridized carbons (Fsp3) is 0.348. The SMILES string of the molecule is Cc1ccc2c(cnn2C(=O)CCCC(=O)NC2CCCc3ccccc32)c1. The number of carbonyl (C=O) groups excluding carboxylic acids is 2. The summed E-state index contributed by atoms with van der Waals surface area (Å²) in [5, 5.41) is 8.33. The summed E-state index contributed by atoms with van der Waals surface area (Å²) in [7, 11) is 0. The van der Waals surface area contributed by atoms with Gasteiger partial charge in [-0.15, -0.1) is 0 Å². The van der Waals surface area contributed by atoms with Crippen LogP contribution in [0.3, 0.4) is 0 Å². The Labute approximate surface area is 164 Å². The van der Waals surface area contributed by atoms with E-state index in [1.165, 1.54) is 15.8 Å². The number of aryl methyl sites for hydroxylation is 2. The fourth-order valence-corrected chi connectivity index (χ4v) is 4.03. The molecule has 28 heavy (non-hydrogen) atoms. The van der Waals surface area contributed by atoms with Crippen molar-refractivity contribution >= 4 is 22.7 Å². The second-order valence-corrected chi connectivity index (χ2v) is 7.58. The summed E-state index contributed by atoms with van der Waals surface area (Å²) >= 11 is 0. The lowest BCUT2D eigenvalue weighted by Gasteiger charge is -2.26. The second-order valence-electron chi connectivity index (χ2n) is 7.58. The van der Waals surface area contributed by atoms with Gasteiger partial charge in [0, 0.05) is 18.2 Å². The summed E-state index contributed by atoms with van der Waals surface area (Å²) in [6.07, 6.45) is 6.03. The van der Waals surface area contributed by atoms with Crippen LogP contribution in [0.4, 0.5) is 0 Å². The molecule has 5 nitrogen and oxygen atoms in total. The molecule has 1 unspecified atom stereocenters. The van der Waals surface area contributed by atoms with Gasteiger partial charge in [-0.3, -0.25) is 9.59 Å². The lowest BCUT2D eigenvalue weighted by Crippen LogP contribution is -2.30. The number of carbonyl (C=O) groups is 2. The zero-order valence-corrected chi connectivity index (χ0v) is 16.1. The first kappa shape index (κ1) is 18.4. The molecule has 1 aromatic heterocycles. The van der Waals surface area contributed by atoms with E-state index in [0.717, 1.165) is 35.7 Å². The van der Waals surface area contributed by atoms with E-state index < -0.39 is 0 Å². The van der Waals surface area contributed by atoms with Crippen LogP contribution in [0.2, 0.25) is 0 Å². The van der Waals surface area contributed by atoms with Gasteiger partial charge < -0.3 is 5.32 Å². The summed E-state index contributed by atoms with van der Waals surface area (Å²) in [5.74, 6) is -0.0647.